The van der Waals surface area contributed by atoms with Crippen molar-refractivity contribution in [3.05, 3.63) is 77.5 Å². The Kier molecular flexibility index (Phi) is 4.10. The summed E-state index contributed by atoms with van der Waals surface area (Å²) in [6.45, 7) is 5.87. The summed E-state index contributed by atoms with van der Waals surface area (Å²) in [4.78, 5) is 25.7. The van der Waals surface area contributed by atoms with Gasteiger partial charge in [0.2, 0.25) is 0 Å². The van der Waals surface area contributed by atoms with Gasteiger partial charge in [-0.1, -0.05) is 12.1 Å². The van der Waals surface area contributed by atoms with Crippen LogP contribution in [-0.4, -0.2) is 25.4 Å². The number of nitrogens with zero attached hydrogens (tertiary/aromatic N) is 4. The van der Waals surface area contributed by atoms with Gasteiger partial charge in [-0.05, 0) is 56.2 Å². The zero-order chi connectivity index (χ0) is 20.8. The number of hydrogen-bond acceptors (Lipinski definition) is 5. The number of carbonyl (C=O) groups is 1. The average molecular weight is 396 g/mol. The van der Waals surface area contributed by atoms with E-state index in [2.05, 4.69) is 30.2 Å². The summed E-state index contributed by atoms with van der Waals surface area (Å²) < 4.78 is 2.09. The van der Waals surface area contributed by atoms with Gasteiger partial charge in [0.1, 0.15) is 11.3 Å². The minimum atomic E-state index is -0.182. The van der Waals surface area contributed by atoms with Crippen molar-refractivity contribution in [3.63, 3.8) is 0 Å². The predicted octanol–water partition coefficient (Wildman–Crippen LogP) is 4.15. The van der Waals surface area contributed by atoms with Crippen molar-refractivity contribution in [1.29, 1.82) is 0 Å². The maximum Gasteiger partial charge on any atom is 0.250 e. The molecule has 4 aromatic rings. The highest BCUT2D eigenvalue weighted by atomic mass is 16.1. The number of anilines is 2. The molecule has 3 aromatic heterocycles. The second-order valence-electron chi connectivity index (χ2n) is 7.38. The largest absolute Gasteiger partial charge is 0.338 e. The molecule has 0 atom stereocenters. The van der Waals surface area contributed by atoms with Gasteiger partial charge in [0.05, 0.1) is 23.1 Å². The van der Waals surface area contributed by atoms with E-state index in [1.807, 2.05) is 57.2 Å². The van der Waals surface area contributed by atoms with Gasteiger partial charge in [-0.25, -0.2) is 9.97 Å². The molecule has 1 aromatic carbocycles. The Balaban J connectivity index is 1.54. The maximum absolute atomic E-state index is 12.4. The Morgan fingerprint density at radius 1 is 0.967 bits per heavy atom. The van der Waals surface area contributed by atoms with Gasteiger partial charge in [0.25, 0.3) is 5.91 Å². The zero-order valence-electron chi connectivity index (χ0n) is 16.9. The predicted molar refractivity (Wildman–Crippen MR) is 118 cm³/mol. The molecule has 7 nitrogen and oxygen atoms in total. The summed E-state index contributed by atoms with van der Waals surface area (Å²) in [6, 6.07) is 11.9. The van der Waals surface area contributed by atoms with Crippen LogP contribution < -0.4 is 10.6 Å². The monoisotopic (exact) mass is 396 g/mol. The number of imidazole rings is 1. The number of rotatable bonds is 2. The molecule has 0 saturated heterocycles. The summed E-state index contributed by atoms with van der Waals surface area (Å²) in [6.07, 6.45) is 5.09. The molecule has 1 aliphatic heterocycles. The second-order valence-corrected chi connectivity index (χ2v) is 7.38. The molecule has 7 heteroatoms. The first kappa shape index (κ1) is 18.1. The SMILES string of the molecule is Cc1cc(C)c2c(n1)NC(c1ccc(-n3c(C)nc4cnccc43)cc1)=CC(=O)N2. The van der Waals surface area contributed by atoms with Crippen LogP contribution in [0.3, 0.4) is 0 Å². The van der Waals surface area contributed by atoms with E-state index in [0.717, 1.165) is 39.4 Å². The number of aryl methyl sites for hydroxylation is 3. The van der Waals surface area contributed by atoms with Crippen LogP contribution in [-0.2, 0) is 4.79 Å². The fourth-order valence-corrected chi connectivity index (χ4v) is 3.86. The summed E-state index contributed by atoms with van der Waals surface area (Å²) in [5.41, 5.74) is 7.03. The van der Waals surface area contributed by atoms with Gasteiger partial charge in [-0.2, -0.15) is 0 Å². The third-order valence-corrected chi connectivity index (χ3v) is 5.18. The maximum atomic E-state index is 12.4. The van der Waals surface area contributed by atoms with Crippen molar-refractivity contribution >= 4 is 34.1 Å². The number of carbonyl (C=O) groups excluding carboxylic acids is 1. The first-order chi connectivity index (χ1) is 14.5. The van der Waals surface area contributed by atoms with Crippen LogP contribution >= 0.6 is 0 Å². The lowest BCUT2D eigenvalue weighted by Gasteiger charge is -2.14. The summed E-state index contributed by atoms with van der Waals surface area (Å²) in [5.74, 6) is 1.36. The highest BCUT2D eigenvalue weighted by Crippen LogP contribution is 2.31. The molecule has 4 heterocycles. The van der Waals surface area contributed by atoms with Gasteiger partial charge in [0.15, 0.2) is 5.82 Å². The molecule has 0 unspecified atom stereocenters. The van der Waals surface area contributed by atoms with Crippen molar-refractivity contribution in [3.8, 4) is 5.69 Å². The molecule has 0 saturated carbocycles. The third-order valence-electron chi connectivity index (χ3n) is 5.18. The van der Waals surface area contributed by atoms with Gasteiger partial charge < -0.3 is 10.6 Å². The topological polar surface area (TPSA) is 84.7 Å². The molecule has 0 bridgehead atoms. The minimum absolute atomic E-state index is 0.182. The minimum Gasteiger partial charge on any atom is -0.338 e. The van der Waals surface area contributed by atoms with Gasteiger partial charge in [-0.15, -0.1) is 0 Å². The summed E-state index contributed by atoms with van der Waals surface area (Å²) in [5, 5.41) is 6.24. The van der Waals surface area contributed by atoms with Gasteiger partial charge in [-0.3, -0.25) is 14.3 Å². The van der Waals surface area contributed by atoms with Crippen LogP contribution in [0, 0.1) is 20.8 Å². The number of fused-ring (bicyclic) bond motifs is 2. The molecule has 0 fully saturated rings. The molecule has 30 heavy (non-hydrogen) atoms. The van der Waals surface area contributed by atoms with E-state index >= 15 is 0 Å². The van der Waals surface area contributed by atoms with Crippen LogP contribution in [0.15, 0.2) is 54.9 Å². The molecule has 0 spiro atoms. The second kappa shape index (κ2) is 6.81. The molecule has 5 rings (SSSR count). The molecule has 1 aliphatic rings. The highest BCUT2D eigenvalue weighted by Gasteiger charge is 2.18. The Labute approximate surface area is 173 Å². The van der Waals surface area contributed by atoms with Crippen LogP contribution in [0.25, 0.3) is 22.4 Å². The fraction of sp³-hybridized carbons (Fsp3) is 0.130. The Hall–Kier alpha value is -4.00. The van der Waals surface area contributed by atoms with Crippen LogP contribution in [0.2, 0.25) is 0 Å². The Morgan fingerprint density at radius 2 is 1.77 bits per heavy atom. The Bertz CT molecular complexity index is 1330. The van der Waals surface area contributed by atoms with Crippen LogP contribution in [0.1, 0.15) is 22.6 Å². The summed E-state index contributed by atoms with van der Waals surface area (Å²) in [7, 11) is 0. The Morgan fingerprint density at radius 3 is 2.57 bits per heavy atom. The van der Waals surface area contributed by atoms with E-state index in [1.54, 1.807) is 18.5 Å². The number of amides is 1. The number of benzene rings is 1. The zero-order valence-corrected chi connectivity index (χ0v) is 16.9. The molecular weight excluding hydrogens is 376 g/mol. The van der Waals surface area contributed by atoms with Crippen molar-refractivity contribution < 1.29 is 4.79 Å². The van der Waals surface area contributed by atoms with E-state index < -0.39 is 0 Å². The molecule has 148 valence electrons. The molecule has 1 amide bonds. The molecular formula is C23H20N6O. The van der Waals surface area contributed by atoms with E-state index in [4.69, 9.17) is 0 Å². The van der Waals surface area contributed by atoms with Crippen molar-refractivity contribution in [2.75, 3.05) is 10.6 Å². The van der Waals surface area contributed by atoms with E-state index in [1.165, 1.54) is 0 Å². The smallest absolute Gasteiger partial charge is 0.250 e. The van der Waals surface area contributed by atoms with Crippen LogP contribution in [0.5, 0.6) is 0 Å². The highest BCUT2D eigenvalue weighted by molar-refractivity contribution is 6.09. The number of nitrogens with one attached hydrogen (secondary N) is 2. The lowest BCUT2D eigenvalue weighted by Crippen LogP contribution is -2.09. The van der Waals surface area contributed by atoms with Crippen molar-refractivity contribution in [2.45, 2.75) is 20.8 Å². The lowest BCUT2D eigenvalue weighted by molar-refractivity contribution is -0.111. The standard InChI is InChI=1S/C23H20N6O/c1-13-10-14(2)25-23-22(13)28-21(30)11-18(27-23)16-4-6-17(7-5-16)29-15(3)26-19-12-24-9-8-20(19)29/h4-12H,1-3H3,(H,25,27)(H,28,30). The average Bonchev–Trinajstić information content (AvgIpc) is 2.95. The molecule has 2 N–H and O–H groups in total. The van der Waals surface area contributed by atoms with E-state index in [9.17, 15) is 4.79 Å². The van der Waals surface area contributed by atoms with Crippen LogP contribution in [0.4, 0.5) is 11.5 Å². The summed E-state index contributed by atoms with van der Waals surface area (Å²) >= 11 is 0. The molecule has 0 radical (unpaired) electrons. The third kappa shape index (κ3) is 3.00. The molecule has 0 aliphatic carbocycles. The number of aromatic nitrogens is 4. The lowest BCUT2D eigenvalue weighted by atomic mass is 10.1. The first-order valence-corrected chi connectivity index (χ1v) is 9.67. The van der Waals surface area contributed by atoms with Gasteiger partial charge >= 0.3 is 0 Å². The normalized spacial score (nSPS) is 13.3. The number of hydrogen-bond donors (Lipinski definition) is 2. The number of pyridine rings is 2. The van der Waals surface area contributed by atoms with E-state index in [-0.39, 0.29) is 5.91 Å². The first-order valence-electron chi connectivity index (χ1n) is 9.67. The van der Waals surface area contributed by atoms with Gasteiger partial charge in [0, 0.05) is 23.7 Å². The van der Waals surface area contributed by atoms with Crippen molar-refractivity contribution in [2.24, 2.45) is 0 Å². The quantitative estimate of drug-likeness (QED) is 0.532. The van der Waals surface area contributed by atoms with Crippen molar-refractivity contribution in [1.82, 2.24) is 19.5 Å². The fourth-order valence-electron chi connectivity index (χ4n) is 3.86. The van der Waals surface area contributed by atoms with E-state index in [0.29, 0.717) is 17.2 Å².